The van der Waals surface area contributed by atoms with Crippen molar-refractivity contribution >= 4 is 0 Å². The van der Waals surface area contributed by atoms with E-state index in [4.69, 9.17) is 0 Å². The first kappa shape index (κ1) is 10.5. The zero-order valence-corrected chi connectivity index (χ0v) is 10.1. The third kappa shape index (κ3) is 2.98. The van der Waals surface area contributed by atoms with Gasteiger partial charge in [0.2, 0.25) is 0 Å². The Morgan fingerprint density at radius 3 is 2.43 bits per heavy atom. The van der Waals surface area contributed by atoms with Crippen LogP contribution >= 0.6 is 0 Å². The van der Waals surface area contributed by atoms with E-state index in [1.165, 1.54) is 45.2 Å². The molecule has 14 heavy (non-hydrogen) atoms. The Balaban J connectivity index is 1.82. The van der Waals surface area contributed by atoms with Crippen LogP contribution in [-0.2, 0) is 0 Å². The summed E-state index contributed by atoms with van der Waals surface area (Å²) in [6.45, 7) is 9.90. The van der Waals surface area contributed by atoms with Crippen molar-refractivity contribution in [3.8, 4) is 0 Å². The molecule has 0 amide bonds. The van der Waals surface area contributed by atoms with Crippen molar-refractivity contribution in [3.05, 3.63) is 0 Å². The van der Waals surface area contributed by atoms with E-state index in [1.54, 1.807) is 0 Å². The summed E-state index contributed by atoms with van der Waals surface area (Å²) >= 11 is 0. The number of hydrogen-bond donors (Lipinski definition) is 0. The van der Waals surface area contributed by atoms with Gasteiger partial charge in [0.15, 0.2) is 0 Å². The molecule has 1 heteroatoms. The Morgan fingerprint density at radius 1 is 1.14 bits per heavy atom. The van der Waals surface area contributed by atoms with Gasteiger partial charge < -0.3 is 4.90 Å². The largest absolute Gasteiger partial charge is 0.300 e. The maximum Gasteiger partial charge on any atom is 0.0101 e. The molecule has 1 aliphatic carbocycles. The van der Waals surface area contributed by atoms with Gasteiger partial charge in [-0.15, -0.1) is 0 Å². The minimum atomic E-state index is 0.511. The predicted molar refractivity (Wildman–Crippen MR) is 61.4 cm³/mol. The zero-order chi connectivity index (χ0) is 10.2. The summed E-state index contributed by atoms with van der Waals surface area (Å²) in [6.07, 6.45) is 7.27. The van der Waals surface area contributed by atoms with Gasteiger partial charge in [-0.05, 0) is 50.0 Å². The summed E-state index contributed by atoms with van der Waals surface area (Å²) in [5.41, 5.74) is 0.511. The van der Waals surface area contributed by atoms with E-state index in [2.05, 4.69) is 25.7 Å². The fourth-order valence-electron chi connectivity index (χ4n) is 2.71. The molecule has 0 aromatic carbocycles. The molecule has 82 valence electrons. The summed E-state index contributed by atoms with van der Waals surface area (Å²) < 4.78 is 0. The van der Waals surface area contributed by atoms with E-state index in [-0.39, 0.29) is 0 Å². The van der Waals surface area contributed by atoms with Gasteiger partial charge in [0, 0.05) is 12.6 Å². The van der Waals surface area contributed by atoms with Crippen LogP contribution in [0.15, 0.2) is 0 Å². The summed E-state index contributed by atoms with van der Waals surface area (Å²) in [6, 6.07) is 0.899. The van der Waals surface area contributed by atoms with Gasteiger partial charge in [-0.25, -0.2) is 0 Å². The SMILES string of the molecule is CC(C)(C)C[C@@H]1CCCN1CC1CC1. The third-order valence-electron chi connectivity index (χ3n) is 3.54. The molecule has 1 atom stereocenters. The van der Waals surface area contributed by atoms with Crippen LogP contribution in [0.4, 0.5) is 0 Å². The van der Waals surface area contributed by atoms with E-state index in [0.29, 0.717) is 5.41 Å². The van der Waals surface area contributed by atoms with E-state index in [9.17, 15) is 0 Å². The van der Waals surface area contributed by atoms with Crippen LogP contribution in [0.1, 0.15) is 52.9 Å². The van der Waals surface area contributed by atoms with E-state index >= 15 is 0 Å². The summed E-state index contributed by atoms with van der Waals surface area (Å²) in [5.74, 6) is 1.07. The van der Waals surface area contributed by atoms with Gasteiger partial charge in [-0.1, -0.05) is 20.8 Å². The van der Waals surface area contributed by atoms with Crippen LogP contribution in [0, 0.1) is 11.3 Å². The van der Waals surface area contributed by atoms with Gasteiger partial charge in [-0.2, -0.15) is 0 Å². The second kappa shape index (κ2) is 3.84. The second-order valence-corrected chi connectivity index (χ2v) is 6.50. The molecule has 2 aliphatic rings. The predicted octanol–water partition coefficient (Wildman–Crippen LogP) is 3.30. The monoisotopic (exact) mass is 195 g/mol. The molecule has 1 aliphatic heterocycles. The maximum atomic E-state index is 2.77. The van der Waals surface area contributed by atoms with Crippen molar-refractivity contribution in [2.24, 2.45) is 11.3 Å². The van der Waals surface area contributed by atoms with Gasteiger partial charge in [-0.3, -0.25) is 0 Å². The Bertz CT molecular complexity index is 188. The standard InChI is InChI=1S/C13H25N/c1-13(2,3)9-12-5-4-8-14(12)10-11-6-7-11/h11-12H,4-10H2,1-3H3/t12-/m0/s1. The topological polar surface area (TPSA) is 3.24 Å². The Labute approximate surface area is 88.9 Å². The zero-order valence-electron chi connectivity index (χ0n) is 10.1. The lowest BCUT2D eigenvalue weighted by Gasteiger charge is -2.30. The lowest BCUT2D eigenvalue weighted by molar-refractivity contribution is 0.186. The molecule has 0 spiro atoms. The fraction of sp³-hybridized carbons (Fsp3) is 1.00. The number of rotatable bonds is 3. The van der Waals surface area contributed by atoms with E-state index in [0.717, 1.165) is 12.0 Å². The van der Waals surface area contributed by atoms with Crippen LogP contribution < -0.4 is 0 Å². The Kier molecular flexibility index (Phi) is 2.88. The van der Waals surface area contributed by atoms with Crippen molar-refractivity contribution in [3.63, 3.8) is 0 Å². The highest BCUT2D eigenvalue weighted by atomic mass is 15.2. The van der Waals surface area contributed by atoms with Gasteiger partial charge in [0.05, 0.1) is 0 Å². The molecule has 0 aromatic heterocycles. The van der Waals surface area contributed by atoms with Crippen molar-refractivity contribution in [2.45, 2.75) is 58.9 Å². The highest BCUT2D eigenvalue weighted by Crippen LogP contribution is 2.35. The molecule has 0 aromatic rings. The first-order valence-electron chi connectivity index (χ1n) is 6.29. The Hall–Kier alpha value is -0.0400. The van der Waals surface area contributed by atoms with Crippen molar-refractivity contribution < 1.29 is 0 Å². The lowest BCUT2D eigenvalue weighted by atomic mass is 9.87. The fourth-order valence-corrected chi connectivity index (χ4v) is 2.71. The number of nitrogens with zero attached hydrogens (tertiary/aromatic N) is 1. The number of hydrogen-bond acceptors (Lipinski definition) is 1. The molecular weight excluding hydrogens is 170 g/mol. The van der Waals surface area contributed by atoms with Crippen molar-refractivity contribution in [1.29, 1.82) is 0 Å². The highest BCUT2D eigenvalue weighted by Gasteiger charge is 2.32. The molecule has 2 rings (SSSR count). The first-order valence-corrected chi connectivity index (χ1v) is 6.29. The molecule has 0 N–H and O–H groups in total. The van der Waals surface area contributed by atoms with Gasteiger partial charge >= 0.3 is 0 Å². The second-order valence-electron chi connectivity index (χ2n) is 6.50. The van der Waals surface area contributed by atoms with Gasteiger partial charge in [0.1, 0.15) is 0 Å². The normalized spacial score (nSPS) is 29.8. The van der Waals surface area contributed by atoms with Gasteiger partial charge in [0.25, 0.3) is 0 Å². The van der Waals surface area contributed by atoms with Crippen LogP contribution in [0.5, 0.6) is 0 Å². The molecule has 0 bridgehead atoms. The van der Waals surface area contributed by atoms with Crippen molar-refractivity contribution in [2.75, 3.05) is 13.1 Å². The minimum absolute atomic E-state index is 0.511. The molecule has 0 unspecified atom stereocenters. The quantitative estimate of drug-likeness (QED) is 0.668. The maximum absolute atomic E-state index is 2.77. The van der Waals surface area contributed by atoms with Crippen LogP contribution in [0.25, 0.3) is 0 Å². The average molecular weight is 195 g/mol. The minimum Gasteiger partial charge on any atom is -0.300 e. The first-order chi connectivity index (χ1) is 6.54. The molecule has 1 saturated carbocycles. The van der Waals surface area contributed by atoms with Crippen LogP contribution in [0.2, 0.25) is 0 Å². The van der Waals surface area contributed by atoms with E-state index < -0.39 is 0 Å². The summed E-state index contributed by atoms with van der Waals surface area (Å²) in [5, 5.41) is 0. The smallest absolute Gasteiger partial charge is 0.0101 e. The van der Waals surface area contributed by atoms with Crippen molar-refractivity contribution in [1.82, 2.24) is 4.90 Å². The molecule has 2 fully saturated rings. The van der Waals surface area contributed by atoms with E-state index in [1.807, 2.05) is 0 Å². The lowest BCUT2D eigenvalue weighted by Crippen LogP contribution is -2.34. The number of likely N-dealkylation sites (tertiary alicyclic amines) is 1. The molecular formula is C13H25N. The molecule has 1 heterocycles. The third-order valence-corrected chi connectivity index (χ3v) is 3.54. The molecule has 1 saturated heterocycles. The summed E-state index contributed by atoms with van der Waals surface area (Å²) in [7, 11) is 0. The molecule has 1 nitrogen and oxygen atoms in total. The highest BCUT2D eigenvalue weighted by molar-refractivity contribution is 4.87. The van der Waals surface area contributed by atoms with Crippen LogP contribution in [-0.4, -0.2) is 24.0 Å². The summed E-state index contributed by atoms with van der Waals surface area (Å²) in [4.78, 5) is 2.77. The Morgan fingerprint density at radius 2 is 1.86 bits per heavy atom. The van der Waals surface area contributed by atoms with Crippen LogP contribution in [0.3, 0.4) is 0 Å². The molecule has 0 radical (unpaired) electrons. The average Bonchev–Trinajstić information content (AvgIpc) is 2.74.